The Hall–Kier alpha value is -2.15. The Balaban J connectivity index is 1.65. The van der Waals surface area contributed by atoms with E-state index < -0.39 is 0 Å². The van der Waals surface area contributed by atoms with Crippen molar-refractivity contribution in [3.63, 3.8) is 0 Å². The third-order valence-corrected chi connectivity index (χ3v) is 4.31. The van der Waals surface area contributed by atoms with Crippen molar-refractivity contribution in [1.82, 2.24) is 25.3 Å². The highest BCUT2D eigenvalue weighted by molar-refractivity contribution is 6.33. The SMILES string of the molecule is CCn1ncc(Cl)c1C(=O)NCC1CCCN1c1cccnn1. The van der Waals surface area contributed by atoms with Crippen LogP contribution in [-0.2, 0) is 6.54 Å². The predicted octanol–water partition coefficient (Wildman–Crippen LogP) is 1.75. The number of anilines is 1. The third-order valence-electron chi connectivity index (χ3n) is 4.04. The van der Waals surface area contributed by atoms with E-state index in [0.717, 1.165) is 25.2 Å². The Kier molecular flexibility index (Phi) is 4.76. The van der Waals surface area contributed by atoms with E-state index in [4.69, 9.17) is 11.6 Å². The van der Waals surface area contributed by atoms with Crippen LogP contribution in [0.3, 0.4) is 0 Å². The second-order valence-electron chi connectivity index (χ2n) is 5.44. The summed E-state index contributed by atoms with van der Waals surface area (Å²) >= 11 is 6.07. The van der Waals surface area contributed by atoms with Crippen LogP contribution in [0.2, 0.25) is 5.02 Å². The Morgan fingerprint density at radius 3 is 3.13 bits per heavy atom. The van der Waals surface area contributed by atoms with E-state index in [0.29, 0.717) is 23.8 Å². The number of rotatable bonds is 5. The lowest BCUT2D eigenvalue weighted by Crippen LogP contribution is -2.41. The lowest BCUT2D eigenvalue weighted by Gasteiger charge is -2.25. The quantitative estimate of drug-likeness (QED) is 0.901. The average molecular weight is 335 g/mol. The van der Waals surface area contributed by atoms with E-state index in [1.165, 1.54) is 6.20 Å². The van der Waals surface area contributed by atoms with Gasteiger partial charge in [0.1, 0.15) is 5.69 Å². The molecule has 1 atom stereocenters. The van der Waals surface area contributed by atoms with Gasteiger partial charge in [-0.2, -0.15) is 10.2 Å². The maximum absolute atomic E-state index is 12.4. The van der Waals surface area contributed by atoms with Crippen LogP contribution < -0.4 is 10.2 Å². The lowest BCUT2D eigenvalue weighted by molar-refractivity contribution is 0.0941. The predicted molar refractivity (Wildman–Crippen MR) is 87.6 cm³/mol. The minimum absolute atomic E-state index is 0.194. The maximum atomic E-state index is 12.4. The zero-order chi connectivity index (χ0) is 16.2. The summed E-state index contributed by atoms with van der Waals surface area (Å²) in [6.07, 6.45) is 5.24. The van der Waals surface area contributed by atoms with Gasteiger partial charge in [-0.3, -0.25) is 9.48 Å². The zero-order valence-electron chi connectivity index (χ0n) is 12.9. The van der Waals surface area contributed by atoms with Crippen LogP contribution in [0.5, 0.6) is 0 Å². The van der Waals surface area contributed by atoms with Gasteiger partial charge in [-0.05, 0) is 31.9 Å². The van der Waals surface area contributed by atoms with Gasteiger partial charge in [0.15, 0.2) is 5.82 Å². The van der Waals surface area contributed by atoms with Crippen LogP contribution in [0, 0.1) is 0 Å². The summed E-state index contributed by atoms with van der Waals surface area (Å²) in [6, 6.07) is 4.03. The summed E-state index contributed by atoms with van der Waals surface area (Å²) in [4.78, 5) is 14.6. The highest BCUT2D eigenvalue weighted by Gasteiger charge is 2.27. The van der Waals surface area contributed by atoms with Crippen LogP contribution in [-0.4, -0.2) is 45.0 Å². The first kappa shape index (κ1) is 15.7. The molecule has 7 nitrogen and oxygen atoms in total. The summed E-state index contributed by atoms with van der Waals surface area (Å²) in [5.74, 6) is 0.654. The highest BCUT2D eigenvalue weighted by atomic mass is 35.5. The molecule has 1 N–H and O–H groups in total. The Labute approximate surface area is 139 Å². The molecule has 122 valence electrons. The normalized spacial score (nSPS) is 17.5. The number of hydrogen-bond acceptors (Lipinski definition) is 5. The van der Waals surface area contributed by atoms with Crippen LogP contribution in [0.4, 0.5) is 5.82 Å². The first-order valence-electron chi connectivity index (χ1n) is 7.74. The molecule has 1 saturated heterocycles. The highest BCUT2D eigenvalue weighted by Crippen LogP contribution is 2.22. The standard InChI is InChI=1S/C15H19ClN6O/c1-2-22-14(12(16)10-19-22)15(23)17-9-11-5-4-8-21(11)13-6-3-7-18-20-13/h3,6-7,10-11H,2,4-5,8-9H2,1H3,(H,17,23). The van der Waals surface area contributed by atoms with Crippen LogP contribution >= 0.6 is 11.6 Å². The van der Waals surface area contributed by atoms with E-state index in [1.54, 1.807) is 10.9 Å². The second-order valence-corrected chi connectivity index (χ2v) is 5.85. The molecule has 3 heterocycles. The van der Waals surface area contributed by atoms with Gasteiger partial charge in [0.2, 0.25) is 0 Å². The summed E-state index contributed by atoms with van der Waals surface area (Å²) in [6.45, 7) is 3.99. The largest absolute Gasteiger partial charge is 0.350 e. The zero-order valence-corrected chi connectivity index (χ0v) is 13.7. The van der Waals surface area contributed by atoms with Crippen molar-refractivity contribution < 1.29 is 4.79 Å². The molecule has 8 heteroatoms. The molecule has 1 unspecified atom stereocenters. The minimum Gasteiger partial charge on any atom is -0.350 e. The van der Waals surface area contributed by atoms with Gasteiger partial charge in [-0.25, -0.2) is 0 Å². The third kappa shape index (κ3) is 3.29. The summed E-state index contributed by atoms with van der Waals surface area (Å²) in [5, 5.41) is 15.5. The van der Waals surface area contributed by atoms with Crippen molar-refractivity contribution >= 4 is 23.3 Å². The van der Waals surface area contributed by atoms with E-state index in [2.05, 4.69) is 25.5 Å². The molecule has 1 amide bonds. The van der Waals surface area contributed by atoms with Gasteiger partial charge in [-0.15, -0.1) is 5.10 Å². The van der Waals surface area contributed by atoms with Gasteiger partial charge < -0.3 is 10.2 Å². The van der Waals surface area contributed by atoms with Crippen molar-refractivity contribution in [2.45, 2.75) is 32.4 Å². The smallest absolute Gasteiger partial charge is 0.271 e. The van der Waals surface area contributed by atoms with Gasteiger partial charge in [0.25, 0.3) is 5.91 Å². The van der Waals surface area contributed by atoms with Crippen LogP contribution in [0.1, 0.15) is 30.3 Å². The van der Waals surface area contributed by atoms with Crippen molar-refractivity contribution in [3.05, 3.63) is 35.2 Å². The fraction of sp³-hybridized carbons (Fsp3) is 0.467. The molecule has 1 aliphatic rings. The minimum atomic E-state index is -0.194. The topological polar surface area (TPSA) is 75.9 Å². The van der Waals surface area contributed by atoms with Crippen molar-refractivity contribution in [2.75, 3.05) is 18.0 Å². The number of aromatic nitrogens is 4. The van der Waals surface area contributed by atoms with Crippen molar-refractivity contribution in [1.29, 1.82) is 0 Å². The monoisotopic (exact) mass is 334 g/mol. The van der Waals surface area contributed by atoms with Gasteiger partial charge in [-0.1, -0.05) is 11.6 Å². The molecule has 1 aliphatic heterocycles. The number of nitrogens with one attached hydrogen (secondary N) is 1. The molecular weight excluding hydrogens is 316 g/mol. The first-order valence-corrected chi connectivity index (χ1v) is 8.12. The molecular formula is C15H19ClN6O. The average Bonchev–Trinajstić information content (AvgIpc) is 3.19. The molecule has 2 aromatic heterocycles. The van der Waals surface area contributed by atoms with Gasteiger partial charge >= 0.3 is 0 Å². The number of nitrogens with zero attached hydrogens (tertiary/aromatic N) is 5. The molecule has 0 spiro atoms. The molecule has 0 aliphatic carbocycles. The molecule has 2 aromatic rings. The molecule has 23 heavy (non-hydrogen) atoms. The Morgan fingerprint density at radius 1 is 1.52 bits per heavy atom. The molecule has 0 bridgehead atoms. The fourth-order valence-corrected chi connectivity index (χ4v) is 3.15. The van der Waals surface area contributed by atoms with Crippen LogP contribution in [0.15, 0.2) is 24.5 Å². The van der Waals surface area contributed by atoms with Gasteiger partial charge in [0, 0.05) is 31.9 Å². The van der Waals surface area contributed by atoms with Crippen LogP contribution in [0.25, 0.3) is 0 Å². The number of halogens is 1. The number of carbonyl (C=O) groups excluding carboxylic acids is 1. The van der Waals surface area contributed by atoms with E-state index in [1.807, 2.05) is 19.1 Å². The summed E-state index contributed by atoms with van der Waals surface area (Å²) in [5.41, 5.74) is 0.415. The Morgan fingerprint density at radius 2 is 2.39 bits per heavy atom. The molecule has 3 rings (SSSR count). The summed E-state index contributed by atoms with van der Waals surface area (Å²) in [7, 11) is 0. The summed E-state index contributed by atoms with van der Waals surface area (Å²) < 4.78 is 1.60. The van der Waals surface area contributed by atoms with Gasteiger partial charge in [0.05, 0.1) is 11.2 Å². The lowest BCUT2D eigenvalue weighted by atomic mass is 10.2. The maximum Gasteiger partial charge on any atom is 0.271 e. The van der Waals surface area contributed by atoms with E-state index in [-0.39, 0.29) is 11.9 Å². The number of aryl methyl sites for hydroxylation is 1. The molecule has 0 aromatic carbocycles. The van der Waals surface area contributed by atoms with Crippen molar-refractivity contribution in [3.8, 4) is 0 Å². The molecule has 1 fully saturated rings. The fourth-order valence-electron chi connectivity index (χ4n) is 2.92. The number of hydrogen-bond donors (Lipinski definition) is 1. The number of amides is 1. The number of carbonyl (C=O) groups is 1. The van der Waals surface area contributed by atoms with E-state index in [9.17, 15) is 4.79 Å². The van der Waals surface area contributed by atoms with E-state index >= 15 is 0 Å². The second kappa shape index (κ2) is 6.95. The van der Waals surface area contributed by atoms with Crippen molar-refractivity contribution in [2.24, 2.45) is 0 Å². The molecule has 0 saturated carbocycles. The first-order chi connectivity index (χ1) is 11.2. The Bertz CT molecular complexity index is 674. The molecule has 0 radical (unpaired) electrons.